The van der Waals surface area contributed by atoms with Crippen LogP contribution in [0.2, 0.25) is 0 Å². The number of anilines is 2. The molecule has 0 bridgehead atoms. The highest BCUT2D eigenvalue weighted by atomic mass is 32.2. The molecule has 0 radical (unpaired) electrons. The molecular weight excluding hydrogens is 427 g/mol. The SMILES string of the molecule is O=S(O)Nc1cccc(CC(Cc2ccc(F)c(NS(=O)O)c2)c2ccccc2)c1. The first kappa shape index (κ1) is 22.1. The third-order valence-electron chi connectivity index (χ3n) is 4.60. The third-order valence-corrected chi connectivity index (χ3v) is 5.40. The topological polar surface area (TPSA) is 98.7 Å². The molecule has 158 valence electrons. The zero-order valence-electron chi connectivity index (χ0n) is 15.8. The Balaban J connectivity index is 1.88. The minimum Gasteiger partial charge on any atom is -0.289 e. The van der Waals surface area contributed by atoms with Gasteiger partial charge in [-0.15, -0.1) is 0 Å². The van der Waals surface area contributed by atoms with Crippen molar-refractivity contribution in [2.45, 2.75) is 18.8 Å². The molecule has 0 saturated heterocycles. The lowest BCUT2D eigenvalue weighted by Gasteiger charge is -2.19. The van der Waals surface area contributed by atoms with E-state index in [4.69, 9.17) is 9.11 Å². The van der Waals surface area contributed by atoms with E-state index in [2.05, 4.69) is 9.44 Å². The van der Waals surface area contributed by atoms with Crippen molar-refractivity contribution in [2.24, 2.45) is 0 Å². The van der Waals surface area contributed by atoms with Gasteiger partial charge in [-0.2, -0.15) is 0 Å². The first-order valence-corrected chi connectivity index (χ1v) is 11.3. The molecule has 0 fully saturated rings. The standard InChI is InChI=1S/C21H21FN2O4S2/c22-20-10-9-16(14-21(20)24-30(27)28)12-18(17-6-2-1-3-7-17)11-15-5-4-8-19(13-15)23-29(25)26/h1-10,13-14,18,23-24H,11-12H2,(H,25,26)(H,27,28). The number of hydrogen-bond acceptors (Lipinski definition) is 2. The Morgan fingerprint density at radius 2 is 1.47 bits per heavy atom. The van der Waals surface area contributed by atoms with Gasteiger partial charge in [0.05, 0.1) is 5.69 Å². The van der Waals surface area contributed by atoms with Gasteiger partial charge in [0, 0.05) is 5.69 Å². The number of halogens is 1. The van der Waals surface area contributed by atoms with E-state index in [1.54, 1.807) is 12.1 Å². The van der Waals surface area contributed by atoms with Gasteiger partial charge in [-0.25, -0.2) is 12.8 Å². The minimum atomic E-state index is -2.37. The Labute approximate surface area is 179 Å². The van der Waals surface area contributed by atoms with Crippen molar-refractivity contribution >= 4 is 33.9 Å². The molecule has 6 nitrogen and oxygen atoms in total. The van der Waals surface area contributed by atoms with Crippen LogP contribution in [0.5, 0.6) is 0 Å². The summed E-state index contributed by atoms with van der Waals surface area (Å²) in [6, 6.07) is 21.6. The lowest BCUT2D eigenvalue weighted by atomic mass is 9.86. The van der Waals surface area contributed by atoms with E-state index in [-0.39, 0.29) is 11.6 Å². The second kappa shape index (κ2) is 10.4. The number of benzene rings is 3. The maximum Gasteiger partial charge on any atom is 0.259 e. The van der Waals surface area contributed by atoms with Crippen LogP contribution in [-0.2, 0) is 35.4 Å². The molecule has 30 heavy (non-hydrogen) atoms. The summed E-state index contributed by atoms with van der Waals surface area (Å²) in [5.41, 5.74) is 3.38. The van der Waals surface area contributed by atoms with Crippen LogP contribution in [0.4, 0.5) is 15.8 Å². The average molecular weight is 449 g/mol. The molecule has 0 aliphatic heterocycles. The van der Waals surface area contributed by atoms with Crippen LogP contribution in [0.25, 0.3) is 0 Å². The maximum absolute atomic E-state index is 13.9. The Bertz CT molecular complexity index is 1050. The van der Waals surface area contributed by atoms with E-state index in [0.717, 1.165) is 16.7 Å². The monoisotopic (exact) mass is 448 g/mol. The third kappa shape index (κ3) is 6.46. The normalized spacial score (nSPS) is 14.0. The molecule has 9 heteroatoms. The largest absolute Gasteiger partial charge is 0.289 e. The minimum absolute atomic E-state index is 0.0308. The summed E-state index contributed by atoms with van der Waals surface area (Å²) < 4.78 is 58.7. The van der Waals surface area contributed by atoms with Crippen molar-refractivity contribution < 1.29 is 21.9 Å². The quantitative estimate of drug-likeness (QED) is 0.363. The molecule has 3 atom stereocenters. The Hall–Kier alpha value is -2.59. The molecule has 3 unspecified atom stereocenters. The van der Waals surface area contributed by atoms with Gasteiger partial charge in [-0.3, -0.25) is 18.5 Å². The molecule has 0 amide bonds. The van der Waals surface area contributed by atoms with Crippen LogP contribution in [-0.4, -0.2) is 17.5 Å². The van der Waals surface area contributed by atoms with Crippen molar-refractivity contribution in [1.82, 2.24) is 0 Å². The van der Waals surface area contributed by atoms with Gasteiger partial charge in [0.15, 0.2) is 0 Å². The van der Waals surface area contributed by atoms with Gasteiger partial charge in [0.1, 0.15) is 5.82 Å². The second-order valence-corrected chi connectivity index (χ2v) is 8.14. The highest BCUT2D eigenvalue weighted by molar-refractivity contribution is 7.80. The summed E-state index contributed by atoms with van der Waals surface area (Å²) in [7, 11) is 0. The fourth-order valence-corrected chi connectivity index (χ4v) is 4.01. The van der Waals surface area contributed by atoms with Crippen molar-refractivity contribution in [3.8, 4) is 0 Å². The second-order valence-electron chi connectivity index (χ2n) is 6.73. The van der Waals surface area contributed by atoms with Gasteiger partial charge in [-0.05, 0) is 59.7 Å². The fourth-order valence-electron chi connectivity index (χ4n) is 3.34. The Morgan fingerprint density at radius 1 is 0.800 bits per heavy atom. The van der Waals surface area contributed by atoms with Crippen LogP contribution < -0.4 is 9.44 Å². The molecule has 0 aromatic heterocycles. The zero-order valence-corrected chi connectivity index (χ0v) is 17.5. The van der Waals surface area contributed by atoms with Crippen molar-refractivity contribution in [1.29, 1.82) is 0 Å². The van der Waals surface area contributed by atoms with Gasteiger partial charge in [0.25, 0.3) is 22.5 Å². The van der Waals surface area contributed by atoms with E-state index in [9.17, 15) is 12.8 Å². The molecular formula is C21H21FN2O4S2. The summed E-state index contributed by atoms with van der Waals surface area (Å²) in [5.74, 6) is -0.563. The van der Waals surface area contributed by atoms with Gasteiger partial charge in [0.2, 0.25) is 0 Å². The van der Waals surface area contributed by atoms with Crippen LogP contribution in [0.3, 0.4) is 0 Å². The highest BCUT2D eigenvalue weighted by Gasteiger charge is 2.15. The fraction of sp³-hybridized carbons (Fsp3) is 0.143. The average Bonchev–Trinajstić information content (AvgIpc) is 2.70. The summed E-state index contributed by atoms with van der Waals surface area (Å²) in [6.45, 7) is 0. The van der Waals surface area contributed by atoms with Gasteiger partial charge in [-0.1, -0.05) is 48.5 Å². The highest BCUT2D eigenvalue weighted by Crippen LogP contribution is 2.28. The van der Waals surface area contributed by atoms with Gasteiger partial charge < -0.3 is 0 Å². The molecule has 0 heterocycles. The number of hydrogen-bond donors (Lipinski definition) is 4. The summed E-state index contributed by atoms with van der Waals surface area (Å²) in [4.78, 5) is 0. The van der Waals surface area contributed by atoms with Crippen molar-refractivity contribution in [3.05, 3.63) is 95.3 Å². The summed E-state index contributed by atoms with van der Waals surface area (Å²) in [6.07, 6.45) is 1.21. The number of rotatable bonds is 9. The molecule has 0 saturated carbocycles. The van der Waals surface area contributed by atoms with Crippen LogP contribution in [0.15, 0.2) is 72.8 Å². The van der Waals surface area contributed by atoms with E-state index in [1.807, 2.05) is 48.5 Å². The predicted molar refractivity (Wildman–Crippen MR) is 118 cm³/mol. The molecule has 0 aliphatic rings. The lowest BCUT2D eigenvalue weighted by molar-refractivity contribution is 0.567. The molecule has 0 aliphatic carbocycles. The van der Waals surface area contributed by atoms with E-state index in [0.29, 0.717) is 18.5 Å². The van der Waals surface area contributed by atoms with Crippen molar-refractivity contribution in [2.75, 3.05) is 9.44 Å². The van der Waals surface area contributed by atoms with Crippen LogP contribution in [0, 0.1) is 5.82 Å². The lowest BCUT2D eigenvalue weighted by Crippen LogP contribution is -2.09. The molecule has 0 spiro atoms. The first-order chi connectivity index (χ1) is 14.4. The smallest absolute Gasteiger partial charge is 0.259 e. The zero-order chi connectivity index (χ0) is 21.5. The maximum atomic E-state index is 13.9. The van der Waals surface area contributed by atoms with E-state index >= 15 is 0 Å². The molecule has 3 rings (SSSR count). The Morgan fingerprint density at radius 3 is 2.13 bits per heavy atom. The van der Waals surface area contributed by atoms with Gasteiger partial charge >= 0.3 is 0 Å². The van der Waals surface area contributed by atoms with Crippen LogP contribution in [0.1, 0.15) is 22.6 Å². The molecule has 3 aromatic rings. The molecule has 4 N–H and O–H groups in total. The molecule has 3 aromatic carbocycles. The first-order valence-electron chi connectivity index (χ1n) is 9.08. The Kier molecular flexibility index (Phi) is 7.69. The van der Waals surface area contributed by atoms with Crippen LogP contribution >= 0.6 is 0 Å². The number of nitrogens with one attached hydrogen (secondary N) is 2. The van der Waals surface area contributed by atoms with Crippen molar-refractivity contribution in [3.63, 3.8) is 0 Å². The summed E-state index contributed by atoms with van der Waals surface area (Å²) >= 11 is -4.52. The predicted octanol–water partition coefficient (Wildman–Crippen LogP) is 4.49. The van der Waals surface area contributed by atoms with E-state index in [1.165, 1.54) is 12.1 Å². The van der Waals surface area contributed by atoms with E-state index < -0.39 is 28.4 Å². The summed E-state index contributed by atoms with van der Waals surface area (Å²) in [5, 5.41) is 0.